The monoisotopic (exact) mass is 257 g/mol. The number of benzene rings is 1. The molecule has 1 atom stereocenters. The van der Waals surface area contributed by atoms with Crippen LogP contribution in [0, 0.1) is 0 Å². The summed E-state index contributed by atoms with van der Waals surface area (Å²) >= 11 is 0. The molecule has 4 nitrogen and oxygen atoms in total. The van der Waals surface area contributed by atoms with Crippen molar-refractivity contribution in [3.8, 4) is 5.69 Å². The molecule has 1 N–H and O–H groups in total. The van der Waals surface area contributed by atoms with Crippen LogP contribution in [0.2, 0.25) is 0 Å². The van der Waals surface area contributed by atoms with Gasteiger partial charge >= 0.3 is 0 Å². The lowest BCUT2D eigenvalue weighted by molar-refractivity contribution is 0.171. The Hall–Kier alpha value is -1.65. The normalized spacial score (nSPS) is 22.8. The van der Waals surface area contributed by atoms with Gasteiger partial charge in [0.1, 0.15) is 0 Å². The molecule has 0 spiro atoms. The van der Waals surface area contributed by atoms with E-state index in [9.17, 15) is 0 Å². The van der Waals surface area contributed by atoms with Gasteiger partial charge in [-0.1, -0.05) is 18.2 Å². The average molecular weight is 257 g/mol. The standard InChI is InChI=1S/C15H19N3O/c1-15(7-8-19-12-15)16-9-13-10-17-18(11-13)14-5-3-2-4-6-14/h2-6,10-11,16H,7-9,12H2,1H3. The number of nitrogens with zero attached hydrogens (tertiary/aromatic N) is 2. The maximum atomic E-state index is 5.44. The summed E-state index contributed by atoms with van der Waals surface area (Å²) in [5, 5.41) is 7.96. The van der Waals surface area contributed by atoms with Gasteiger partial charge in [0.2, 0.25) is 0 Å². The van der Waals surface area contributed by atoms with Crippen LogP contribution in [0.5, 0.6) is 0 Å². The van der Waals surface area contributed by atoms with Crippen molar-refractivity contribution >= 4 is 0 Å². The van der Waals surface area contributed by atoms with Crippen molar-refractivity contribution in [1.82, 2.24) is 15.1 Å². The summed E-state index contributed by atoms with van der Waals surface area (Å²) in [5.41, 5.74) is 2.38. The van der Waals surface area contributed by atoms with E-state index >= 15 is 0 Å². The summed E-state index contributed by atoms with van der Waals surface area (Å²) in [4.78, 5) is 0. The molecule has 0 saturated carbocycles. The van der Waals surface area contributed by atoms with Crippen molar-refractivity contribution in [2.24, 2.45) is 0 Å². The van der Waals surface area contributed by atoms with Crippen molar-refractivity contribution in [1.29, 1.82) is 0 Å². The molecule has 1 aliphatic rings. The van der Waals surface area contributed by atoms with Crippen LogP contribution >= 0.6 is 0 Å². The second-order valence-electron chi connectivity index (χ2n) is 5.35. The topological polar surface area (TPSA) is 39.1 Å². The van der Waals surface area contributed by atoms with Crippen molar-refractivity contribution in [3.05, 3.63) is 48.3 Å². The lowest BCUT2D eigenvalue weighted by atomic mass is 10.0. The first-order valence-electron chi connectivity index (χ1n) is 6.67. The van der Waals surface area contributed by atoms with E-state index in [0.29, 0.717) is 0 Å². The van der Waals surface area contributed by atoms with Crippen LogP contribution in [-0.4, -0.2) is 28.5 Å². The van der Waals surface area contributed by atoms with Gasteiger partial charge in [0.25, 0.3) is 0 Å². The summed E-state index contributed by atoms with van der Waals surface area (Å²) in [7, 11) is 0. The highest BCUT2D eigenvalue weighted by Gasteiger charge is 2.28. The van der Waals surface area contributed by atoms with Gasteiger partial charge in [0, 0.05) is 30.5 Å². The Morgan fingerprint density at radius 1 is 1.37 bits per heavy atom. The zero-order chi connectivity index (χ0) is 13.1. The molecular weight excluding hydrogens is 238 g/mol. The molecule has 2 heterocycles. The number of nitrogens with one attached hydrogen (secondary N) is 1. The van der Waals surface area contributed by atoms with Gasteiger partial charge < -0.3 is 10.1 Å². The van der Waals surface area contributed by atoms with E-state index < -0.39 is 0 Å². The number of ether oxygens (including phenoxy) is 1. The number of rotatable bonds is 4. The van der Waals surface area contributed by atoms with Crippen LogP contribution in [0.4, 0.5) is 0 Å². The Bertz CT molecular complexity index is 529. The summed E-state index contributed by atoms with van der Waals surface area (Å²) in [6, 6.07) is 10.2. The molecule has 1 unspecified atom stereocenters. The van der Waals surface area contributed by atoms with Gasteiger partial charge in [-0.05, 0) is 25.5 Å². The Morgan fingerprint density at radius 3 is 2.95 bits per heavy atom. The van der Waals surface area contributed by atoms with E-state index in [1.807, 2.05) is 29.1 Å². The van der Waals surface area contributed by atoms with Crippen molar-refractivity contribution in [2.75, 3.05) is 13.2 Å². The molecule has 1 fully saturated rings. The highest BCUT2D eigenvalue weighted by atomic mass is 16.5. The third-order valence-electron chi connectivity index (χ3n) is 3.59. The smallest absolute Gasteiger partial charge is 0.0646 e. The van der Waals surface area contributed by atoms with Gasteiger partial charge in [-0.25, -0.2) is 4.68 Å². The molecule has 2 aromatic rings. The minimum absolute atomic E-state index is 0.106. The number of para-hydroxylation sites is 1. The Kier molecular flexibility index (Phi) is 3.36. The van der Waals surface area contributed by atoms with E-state index in [4.69, 9.17) is 4.74 Å². The third-order valence-corrected chi connectivity index (χ3v) is 3.59. The first-order chi connectivity index (χ1) is 9.25. The summed E-state index contributed by atoms with van der Waals surface area (Å²) < 4.78 is 7.35. The minimum atomic E-state index is 0.106. The molecule has 1 aromatic heterocycles. The molecule has 4 heteroatoms. The first-order valence-corrected chi connectivity index (χ1v) is 6.67. The highest BCUT2D eigenvalue weighted by molar-refractivity contribution is 5.30. The van der Waals surface area contributed by atoms with E-state index in [0.717, 1.165) is 31.9 Å². The molecule has 1 aromatic carbocycles. The second kappa shape index (κ2) is 5.15. The van der Waals surface area contributed by atoms with E-state index in [1.54, 1.807) is 0 Å². The molecule has 0 aliphatic carbocycles. The molecule has 0 bridgehead atoms. The number of aromatic nitrogens is 2. The summed E-state index contributed by atoms with van der Waals surface area (Å²) in [6.07, 6.45) is 5.06. The van der Waals surface area contributed by atoms with Crippen LogP contribution in [0.25, 0.3) is 5.69 Å². The lowest BCUT2D eigenvalue weighted by Gasteiger charge is -2.23. The molecule has 0 amide bonds. The minimum Gasteiger partial charge on any atom is -0.379 e. The van der Waals surface area contributed by atoms with Gasteiger partial charge in [-0.15, -0.1) is 0 Å². The molecule has 0 radical (unpaired) electrons. The van der Waals surface area contributed by atoms with Crippen LogP contribution in [0.1, 0.15) is 18.9 Å². The number of hydrogen-bond donors (Lipinski definition) is 1. The van der Waals surface area contributed by atoms with Gasteiger partial charge in [0.15, 0.2) is 0 Å². The Balaban J connectivity index is 1.65. The number of hydrogen-bond acceptors (Lipinski definition) is 3. The summed E-state index contributed by atoms with van der Waals surface area (Å²) in [6.45, 7) is 4.68. The lowest BCUT2D eigenvalue weighted by Crippen LogP contribution is -2.42. The maximum absolute atomic E-state index is 5.44. The molecule has 1 saturated heterocycles. The van der Waals surface area contributed by atoms with Crippen LogP contribution < -0.4 is 5.32 Å². The van der Waals surface area contributed by atoms with Gasteiger partial charge in [-0.3, -0.25) is 0 Å². The average Bonchev–Trinajstić information content (AvgIpc) is 3.07. The van der Waals surface area contributed by atoms with Crippen molar-refractivity contribution in [2.45, 2.75) is 25.4 Å². The zero-order valence-electron chi connectivity index (χ0n) is 11.2. The summed E-state index contributed by atoms with van der Waals surface area (Å²) in [5.74, 6) is 0. The third kappa shape index (κ3) is 2.85. The fourth-order valence-electron chi connectivity index (χ4n) is 2.30. The highest BCUT2D eigenvalue weighted by Crippen LogP contribution is 2.18. The van der Waals surface area contributed by atoms with Crippen molar-refractivity contribution < 1.29 is 4.74 Å². The van der Waals surface area contributed by atoms with E-state index in [2.05, 4.69) is 35.7 Å². The molecule has 19 heavy (non-hydrogen) atoms. The quantitative estimate of drug-likeness (QED) is 0.912. The van der Waals surface area contributed by atoms with E-state index in [1.165, 1.54) is 5.56 Å². The van der Waals surface area contributed by atoms with Crippen LogP contribution in [-0.2, 0) is 11.3 Å². The largest absolute Gasteiger partial charge is 0.379 e. The fraction of sp³-hybridized carbons (Fsp3) is 0.400. The van der Waals surface area contributed by atoms with Crippen LogP contribution in [0.15, 0.2) is 42.7 Å². The SMILES string of the molecule is CC1(NCc2cnn(-c3ccccc3)c2)CCOC1. The first kappa shape index (κ1) is 12.4. The fourth-order valence-corrected chi connectivity index (χ4v) is 2.30. The molecule has 3 rings (SSSR count). The molecular formula is C15H19N3O. The molecule has 100 valence electrons. The Labute approximate surface area is 113 Å². The molecule has 1 aliphatic heterocycles. The second-order valence-corrected chi connectivity index (χ2v) is 5.35. The maximum Gasteiger partial charge on any atom is 0.0646 e. The predicted molar refractivity (Wildman–Crippen MR) is 74.2 cm³/mol. The Morgan fingerprint density at radius 2 is 2.21 bits per heavy atom. The van der Waals surface area contributed by atoms with E-state index in [-0.39, 0.29) is 5.54 Å². The van der Waals surface area contributed by atoms with Gasteiger partial charge in [-0.2, -0.15) is 5.10 Å². The van der Waals surface area contributed by atoms with Crippen molar-refractivity contribution in [3.63, 3.8) is 0 Å². The predicted octanol–water partition coefficient (Wildman–Crippen LogP) is 2.14. The van der Waals surface area contributed by atoms with Crippen LogP contribution in [0.3, 0.4) is 0 Å². The zero-order valence-corrected chi connectivity index (χ0v) is 11.2. The van der Waals surface area contributed by atoms with Gasteiger partial charge in [0.05, 0.1) is 18.5 Å².